The second-order valence-corrected chi connectivity index (χ2v) is 9.25. The van der Waals surface area contributed by atoms with Crippen LogP contribution in [0.4, 0.5) is 5.69 Å². The van der Waals surface area contributed by atoms with E-state index in [1.54, 1.807) is 24.5 Å². The summed E-state index contributed by atoms with van der Waals surface area (Å²) in [4.78, 5) is 41.2. The van der Waals surface area contributed by atoms with E-state index in [4.69, 9.17) is 0 Å². The molecule has 3 aliphatic carbocycles. The zero-order valence-corrected chi connectivity index (χ0v) is 17.6. The first-order chi connectivity index (χ1) is 14.3. The van der Waals surface area contributed by atoms with Crippen LogP contribution in [0.25, 0.3) is 0 Å². The van der Waals surface area contributed by atoms with Gasteiger partial charge in [0.1, 0.15) is 12.2 Å². The van der Waals surface area contributed by atoms with Gasteiger partial charge < -0.3 is 15.7 Å². The highest BCUT2D eigenvalue weighted by atomic mass is 16.2. The smallest absolute Gasteiger partial charge is 0.315 e. The number of aromatic amines is 1. The number of carbonyl (C=O) groups excluding carboxylic acids is 1. The highest BCUT2D eigenvalue weighted by Gasteiger charge is 2.56. The maximum absolute atomic E-state index is 12.6. The van der Waals surface area contributed by atoms with E-state index in [0.717, 1.165) is 16.7 Å². The van der Waals surface area contributed by atoms with Gasteiger partial charge in [-0.25, -0.2) is 4.68 Å². The van der Waals surface area contributed by atoms with Crippen LogP contribution in [-0.2, 0) is 17.9 Å². The number of H-pyrrole nitrogens is 1. The van der Waals surface area contributed by atoms with Crippen molar-refractivity contribution >= 4 is 11.6 Å². The number of nitrogens with one attached hydrogen (secondary N) is 3. The number of fused-ring (bicyclic) bond motifs is 2. The van der Waals surface area contributed by atoms with Crippen molar-refractivity contribution in [2.75, 3.05) is 5.32 Å². The molecule has 2 aromatic heterocycles. The minimum atomic E-state index is -0.729. The minimum absolute atomic E-state index is 0.182. The fraction of sp³-hybridized carbons (Fsp3) is 0.545. The number of anilines is 1. The fourth-order valence-electron chi connectivity index (χ4n) is 5.17. The van der Waals surface area contributed by atoms with Gasteiger partial charge in [0.25, 0.3) is 5.43 Å². The van der Waals surface area contributed by atoms with Gasteiger partial charge in [0.15, 0.2) is 0 Å². The van der Waals surface area contributed by atoms with Crippen molar-refractivity contribution in [2.24, 2.45) is 23.2 Å². The Kier molecular flexibility index (Phi) is 5.26. The predicted molar refractivity (Wildman–Crippen MR) is 114 cm³/mol. The maximum Gasteiger partial charge on any atom is 0.315 e. The molecule has 5 rings (SSSR count). The van der Waals surface area contributed by atoms with Crippen LogP contribution in [0.15, 0.2) is 40.3 Å². The van der Waals surface area contributed by atoms with Gasteiger partial charge in [-0.05, 0) is 53.7 Å². The van der Waals surface area contributed by atoms with Crippen molar-refractivity contribution in [3.63, 3.8) is 0 Å². The number of rotatable bonds is 6. The molecule has 0 aliphatic heterocycles. The molecule has 4 atom stereocenters. The first-order valence-electron chi connectivity index (χ1n) is 10.5. The van der Waals surface area contributed by atoms with Crippen molar-refractivity contribution in [1.82, 2.24) is 20.1 Å². The molecule has 3 N–H and O–H groups in total. The lowest BCUT2D eigenvalue weighted by molar-refractivity contribution is -0.122. The predicted octanol–water partition coefficient (Wildman–Crippen LogP) is 1.73. The van der Waals surface area contributed by atoms with Crippen LogP contribution >= 0.6 is 0 Å². The normalized spacial score (nSPS) is 26.5. The first-order valence-corrected chi connectivity index (χ1v) is 10.5. The Balaban J connectivity index is 1.40. The van der Waals surface area contributed by atoms with Crippen molar-refractivity contribution < 1.29 is 4.79 Å². The molecule has 0 radical (unpaired) electrons. The van der Waals surface area contributed by atoms with Crippen LogP contribution in [0.5, 0.6) is 0 Å². The number of hydrogen-bond acceptors (Lipinski definition) is 5. The average molecular weight is 412 g/mol. The van der Waals surface area contributed by atoms with Crippen LogP contribution in [0.2, 0.25) is 0 Å². The summed E-state index contributed by atoms with van der Waals surface area (Å²) in [5, 5.41) is 8.82. The number of amides is 1. The molecule has 0 saturated heterocycles. The van der Waals surface area contributed by atoms with E-state index in [9.17, 15) is 14.4 Å². The summed E-state index contributed by atoms with van der Waals surface area (Å²) in [5.41, 5.74) is 0.206. The zero-order chi connectivity index (χ0) is 21.5. The largest absolute Gasteiger partial charge is 0.377 e. The summed E-state index contributed by atoms with van der Waals surface area (Å²) in [6.45, 7) is 6.97. The summed E-state index contributed by atoms with van der Waals surface area (Å²) >= 11 is 0. The Labute approximate surface area is 175 Å². The standard InChI is InChI=1S/C22H29N5O3/c1-13-16-8-15(22(16,2)3)9-17(13)26-18-11-25-27(21(30)20(18)29)12-19(28)24-10-14-4-6-23-7-5-14/h4-7,11,13,15-17,25-26H,8-10,12H2,1-3H3,(H,24,28)/t13-,15+,16+,17+/m0/s1. The fourth-order valence-corrected chi connectivity index (χ4v) is 5.17. The van der Waals surface area contributed by atoms with Crippen molar-refractivity contribution in [1.29, 1.82) is 0 Å². The lowest BCUT2D eigenvalue weighted by atomic mass is 9.45. The minimum Gasteiger partial charge on any atom is -0.377 e. The van der Waals surface area contributed by atoms with Crippen LogP contribution in [0, 0.1) is 23.2 Å². The Morgan fingerprint density at radius 3 is 2.67 bits per heavy atom. The van der Waals surface area contributed by atoms with Crippen LogP contribution in [0.1, 0.15) is 39.2 Å². The molecular weight excluding hydrogens is 382 g/mol. The van der Waals surface area contributed by atoms with Gasteiger partial charge in [0.2, 0.25) is 5.91 Å². The Morgan fingerprint density at radius 2 is 2.00 bits per heavy atom. The third-order valence-corrected chi connectivity index (χ3v) is 7.28. The molecule has 0 unspecified atom stereocenters. The Hall–Kier alpha value is -2.90. The second kappa shape index (κ2) is 7.74. The highest BCUT2D eigenvalue weighted by Crippen LogP contribution is 2.61. The summed E-state index contributed by atoms with van der Waals surface area (Å²) in [6.07, 6.45) is 7.04. The number of pyridine rings is 1. The molecule has 2 heterocycles. The monoisotopic (exact) mass is 411 g/mol. The van der Waals surface area contributed by atoms with Gasteiger partial charge >= 0.3 is 5.56 Å². The molecule has 30 heavy (non-hydrogen) atoms. The molecule has 1 amide bonds. The molecule has 3 saturated carbocycles. The molecule has 0 spiro atoms. The SMILES string of the molecule is C[C@H]1[C@H]2C[C@H](C[C@H]1Nc1c[nH]n(CC(=O)NCc3ccncc3)c(=O)c1=O)C2(C)C. The van der Waals surface area contributed by atoms with Crippen molar-refractivity contribution in [3.8, 4) is 0 Å². The third-order valence-electron chi connectivity index (χ3n) is 7.28. The van der Waals surface area contributed by atoms with Gasteiger partial charge in [0.05, 0.1) is 0 Å². The van der Waals surface area contributed by atoms with Gasteiger partial charge in [0, 0.05) is 31.2 Å². The zero-order valence-electron chi connectivity index (χ0n) is 17.6. The quantitative estimate of drug-likeness (QED) is 0.628. The number of carbonyl (C=O) groups is 1. The van der Waals surface area contributed by atoms with E-state index in [1.165, 1.54) is 12.6 Å². The third kappa shape index (κ3) is 3.66. The number of hydrogen-bond donors (Lipinski definition) is 3. The maximum atomic E-state index is 12.6. The van der Waals surface area contributed by atoms with E-state index in [2.05, 4.69) is 41.5 Å². The molecule has 0 aromatic carbocycles. The number of nitrogens with zero attached hydrogens (tertiary/aromatic N) is 2. The molecule has 8 heteroatoms. The lowest BCUT2D eigenvalue weighted by Crippen LogP contribution is -2.58. The molecule has 2 aromatic rings. The summed E-state index contributed by atoms with van der Waals surface area (Å²) in [6, 6.07) is 3.78. The lowest BCUT2D eigenvalue weighted by Gasteiger charge is -2.62. The molecule has 3 aliphatic rings. The topological polar surface area (TPSA) is 109 Å². The first kappa shape index (κ1) is 20.4. The van der Waals surface area contributed by atoms with Crippen LogP contribution in [-0.4, -0.2) is 26.7 Å². The molecule has 3 fully saturated rings. The van der Waals surface area contributed by atoms with E-state index in [0.29, 0.717) is 29.7 Å². The van der Waals surface area contributed by atoms with Gasteiger partial charge in [-0.1, -0.05) is 20.8 Å². The summed E-state index contributed by atoms with van der Waals surface area (Å²) in [5.74, 6) is 1.37. The average Bonchev–Trinajstić information content (AvgIpc) is 2.73. The molecular formula is C22H29N5O3. The second-order valence-electron chi connectivity index (χ2n) is 9.25. The summed E-state index contributed by atoms with van der Waals surface area (Å²) < 4.78 is 1.04. The molecule has 160 valence electrons. The van der Waals surface area contributed by atoms with E-state index in [1.807, 2.05) is 0 Å². The van der Waals surface area contributed by atoms with Gasteiger partial charge in [-0.15, -0.1) is 0 Å². The van der Waals surface area contributed by atoms with Crippen molar-refractivity contribution in [3.05, 3.63) is 56.9 Å². The van der Waals surface area contributed by atoms with E-state index < -0.39 is 11.0 Å². The van der Waals surface area contributed by atoms with Gasteiger partial charge in [-0.2, -0.15) is 0 Å². The molecule has 2 bridgehead atoms. The Bertz CT molecular complexity index is 1040. The van der Waals surface area contributed by atoms with Crippen LogP contribution < -0.4 is 21.6 Å². The van der Waals surface area contributed by atoms with E-state index in [-0.39, 0.29) is 24.2 Å². The highest BCUT2D eigenvalue weighted by molar-refractivity contribution is 5.75. The van der Waals surface area contributed by atoms with Crippen LogP contribution in [0.3, 0.4) is 0 Å². The van der Waals surface area contributed by atoms with E-state index >= 15 is 0 Å². The van der Waals surface area contributed by atoms with Crippen molar-refractivity contribution in [2.45, 2.75) is 52.7 Å². The summed E-state index contributed by atoms with van der Waals surface area (Å²) in [7, 11) is 0. The Morgan fingerprint density at radius 1 is 1.27 bits per heavy atom. The molecule has 8 nitrogen and oxygen atoms in total. The van der Waals surface area contributed by atoms with Gasteiger partial charge in [-0.3, -0.25) is 19.4 Å². The number of aromatic nitrogens is 3.